The Morgan fingerprint density at radius 1 is 1.23 bits per heavy atom. The van der Waals surface area contributed by atoms with Crippen molar-refractivity contribution in [1.82, 2.24) is 4.57 Å². The van der Waals surface area contributed by atoms with E-state index in [0.29, 0.717) is 5.75 Å². The fraction of sp³-hybridized carbons (Fsp3) is 0.263. The second kappa shape index (κ2) is 9.26. The van der Waals surface area contributed by atoms with E-state index in [4.69, 9.17) is 0 Å². The lowest BCUT2D eigenvalue weighted by Gasteiger charge is -2.04. The molecule has 0 radical (unpaired) electrons. The van der Waals surface area contributed by atoms with Crippen LogP contribution in [-0.2, 0) is 11.3 Å². The van der Waals surface area contributed by atoms with Crippen molar-refractivity contribution in [2.24, 2.45) is 4.99 Å². The Morgan fingerprint density at radius 3 is 2.73 bits per heavy atom. The summed E-state index contributed by atoms with van der Waals surface area (Å²) >= 11 is 8.41. The van der Waals surface area contributed by atoms with E-state index in [1.54, 1.807) is 23.1 Å². The molecule has 26 heavy (non-hydrogen) atoms. The van der Waals surface area contributed by atoms with Gasteiger partial charge in [0.05, 0.1) is 16.0 Å². The molecule has 0 saturated heterocycles. The van der Waals surface area contributed by atoms with E-state index in [0.717, 1.165) is 36.7 Å². The van der Waals surface area contributed by atoms with Crippen LogP contribution >= 0.6 is 50.8 Å². The minimum atomic E-state index is -0.0981. The summed E-state index contributed by atoms with van der Waals surface area (Å²) < 4.78 is 4.33. The van der Waals surface area contributed by atoms with Crippen molar-refractivity contribution < 1.29 is 4.79 Å². The molecule has 1 aromatic heterocycles. The first-order chi connectivity index (χ1) is 12.6. The highest BCUT2D eigenvalue weighted by molar-refractivity contribution is 9.10. The largest absolute Gasteiger partial charge is 0.316 e. The Morgan fingerprint density at radius 2 is 2.00 bits per heavy atom. The molecule has 0 aliphatic carbocycles. The van der Waals surface area contributed by atoms with Gasteiger partial charge in [0.15, 0.2) is 4.80 Å². The van der Waals surface area contributed by atoms with E-state index in [-0.39, 0.29) is 5.91 Å². The molecule has 3 rings (SSSR count). The molecule has 136 valence electrons. The molecule has 0 N–H and O–H groups in total. The number of nitrogens with zero attached hydrogens (tertiary/aromatic N) is 2. The van der Waals surface area contributed by atoms with Gasteiger partial charge in [-0.25, -0.2) is 0 Å². The molecule has 1 amide bonds. The quantitative estimate of drug-likeness (QED) is 0.458. The molecule has 3 aromatic rings. The summed E-state index contributed by atoms with van der Waals surface area (Å²) in [6.07, 6.45) is 2.09. The van der Waals surface area contributed by atoms with Crippen LogP contribution in [0.1, 0.15) is 5.56 Å². The van der Waals surface area contributed by atoms with Crippen molar-refractivity contribution in [3.63, 3.8) is 0 Å². The number of carbonyl (C=O) groups is 1. The number of hydrogen-bond donors (Lipinski definition) is 0. The number of thioether (sulfide) groups is 2. The van der Waals surface area contributed by atoms with Gasteiger partial charge < -0.3 is 4.57 Å². The Balaban J connectivity index is 1.84. The summed E-state index contributed by atoms with van der Waals surface area (Å²) in [6, 6.07) is 14.4. The minimum absolute atomic E-state index is 0.0981. The molecular formula is C19H19BrN2OS3. The Hall–Kier alpha value is -1.02. The van der Waals surface area contributed by atoms with Crippen LogP contribution in [0.5, 0.6) is 0 Å². The lowest BCUT2D eigenvalue weighted by Crippen LogP contribution is -2.18. The van der Waals surface area contributed by atoms with Gasteiger partial charge >= 0.3 is 0 Å². The maximum Gasteiger partial charge on any atom is 0.258 e. The molecule has 2 aromatic carbocycles. The number of amides is 1. The molecule has 0 aliphatic heterocycles. The number of benzene rings is 2. The lowest BCUT2D eigenvalue weighted by molar-refractivity contribution is -0.115. The van der Waals surface area contributed by atoms with E-state index < -0.39 is 0 Å². The molecule has 3 nitrogen and oxygen atoms in total. The molecule has 0 unspecified atom stereocenters. The minimum Gasteiger partial charge on any atom is -0.316 e. The fourth-order valence-electron chi connectivity index (χ4n) is 2.45. The second-order valence-electron chi connectivity index (χ2n) is 5.75. The highest BCUT2D eigenvalue weighted by Gasteiger charge is 2.09. The lowest BCUT2D eigenvalue weighted by atomic mass is 10.2. The highest BCUT2D eigenvalue weighted by Crippen LogP contribution is 2.23. The zero-order valence-corrected chi connectivity index (χ0v) is 18.6. The molecule has 0 atom stereocenters. The van der Waals surface area contributed by atoms with Crippen molar-refractivity contribution in [1.29, 1.82) is 0 Å². The molecule has 0 spiro atoms. The van der Waals surface area contributed by atoms with Crippen LogP contribution < -0.4 is 4.80 Å². The maximum atomic E-state index is 12.4. The van der Waals surface area contributed by atoms with Crippen molar-refractivity contribution in [2.45, 2.75) is 18.4 Å². The number of fused-ring (bicyclic) bond motifs is 1. The average molecular weight is 467 g/mol. The maximum absolute atomic E-state index is 12.4. The molecule has 0 aliphatic rings. The summed E-state index contributed by atoms with van der Waals surface area (Å²) in [6.45, 7) is 2.90. The Kier molecular flexibility index (Phi) is 7.03. The van der Waals surface area contributed by atoms with Gasteiger partial charge in [0.2, 0.25) is 0 Å². The van der Waals surface area contributed by atoms with E-state index in [2.05, 4.69) is 62.9 Å². The normalized spacial score (nSPS) is 12.0. The third-order valence-corrected chi connectivity index (χ3v) is 6.89. The molecule has 1 heterocycles. The average Bonchev–Trinajstić information content (AvgIpc) is 2.95. The summed E-state index contributed by atoms with van der Waals surface area (Å²) in [5, 5.41) is 0. The van der Waals surface area contributed by atoms with Crippen LogP contribution in [0.4, 0.5) is 0 Å². The van der Waals surface area contributed by atoms with Crippen LogP contribution in [0, 0.1) is 6.92 Å². The van der Waals surface area contributed by atoms with Crippen LogP contribution in [-0.4, -0.2) is 28.2 Å². The van der Waals surface area contributed by atoms with Crippen LogP contribution in [0.15, 0.2) is 56.8 Å². The Bertz CT molecular complexity index is 977. The standard InChI is InChI=1S/C19H19BrN2OS3/c1-13-3-6-15(7-4-13)25-12-18(23)21-19-22(9-10-24-2)16-8-5-14(20)11-17(16)26-19/h3-8,11H,9-10,12H2,1-2H3. The number of halogens is 1. The van der Waals surface area contributed by atoms with Crippen LogP contribution in [0.2, 0.25) is 0 Å². The van der Waals surface area contributed by atoms with Gasteiger partial charge in [-0.15, -0.1) is 11.8 Å². The van der Waals surface area contributed by atoms with E-state index in [9.17, 15) is 4.79 Å². The van der Waals surface area contributed by atoms with Gasteiger partial charge in [0.25, 0.3) is 5.91 Å². The van der Waals surface area contributed by atoms with Gasteiger partial charge in [-0.1, -0.05) is 45.0 Å². The number of thiazole rings is 1. The molecule has 0 saturated carbocycles. The first kappa shape index (κ1) is 19.7. The molecule has 0 fully saturated rings. The first-order valence-corrected chi connectivity index (χ1v) is 12.1. The Labute approximate surface area is 174 Å². The second-order valence-corrected chi connectivity index (χ2v) is 9.71. The molecular weight excluding hydrogens is 448 g/mol. The van der Waals surface area contributed by atoms with E-state index >= 15 is 0 Å². The highest BCUT2D eigenvalue weighted by atomic mass is 79.9. The van der Waals surface area contributed by atoms with Gasteiger partial charge in [0.1, 0.15) is 0 Å². The number of hydrogen-bond acceptors (Lipinski definition) is 4. The summed E-state index contributed by atoms with van der Waals surface area (Å²) in [5.74, 6) is 1.24. The van der Waals surface area contributed by atoms with E-state index in [1.165, 1.54) is 17.3 Å². The third-order valence-electron chi connectivity index (χ3n) is 3.77. The zero-order valence-electron chi connectivity index (χ0n) is 14.6. The molecule has 7 heteroatoms. The first-order valence-electron chi connectivity index (χ1n) is 8.11. The monoisotopic (exact) mass is 466 g/mol. The fourth-order valence-corrected chi connectivity index (χ4v) is 5.12. The van der Waals surface area contributed by atoms with Crippen LogP contribution in [0.3, 0.4) is 0 Å². The topological polar surface area (TPSA) is 34.4 Å². The number of rotatable bonds is 6. The third kappa shape index (κ3) is 5.03. The SMILES string of the molecule is CSCCn1c(=NC(=O)CSc2ccc(C)cc2)sc2cc(Br)ccc21. The summed E-state index contributed by atoms with van der Waals surface area (Å²) in [5.41, 5.74) is 2.35. The van der Waals surface area contributed by atoms with Gasteiger partial charge in [-0.05, 0) is 43.5 Å². The van der Waals surface area contributed by atoms with Crippen molar-refractivity contribution in [3.05, 3.63) is 57.3 Å². The number of aromatic nitrogens is 1. The summed E-state index contributed by atoms with van der Waals surface area (Å²) in [4.78, 5) is 18.7. The zero-order chi connectivity index (χ0) is 18.5. The van der Waals surface area contributed by atoms with Crippen molar-refractivity contribution in [2.75, 3.05) is 17.8 Å². The van der Waals surface area contributed by atoms with Crippen molar-refractivity contribution in [3.8, 4) is 0 Å². The van der Waals surface area contributed by atoms with E-state index in [1.807, 2.05) is 18.2 Å². The predicted octanol–water partition coefficient (Wildman–Crippen LogP) is 5.36. The number of aryl methyl sites for hydroxylation is 2. The van der Waals surface area contributed by atoms with Gasteiger partial charge in [0, 0.05) is 21.7 Å². The summed E-state index contributed by atoms with van der Waals surface area (Å²) in [7, 11) is 0. The number of carbonyl (C=O) groups excluding carboxylic acids is 1. The van der Waals surface area contributed by atoms with Gasteiger partial charge in [-0.2, -0.15) is 16.8 Å². The predicted molar refractivity (Wildman–Crippen MR) is 118 cm³/mol. The van der Waals surface area contributed by atoms with Crippen LogP contribution in [0.25, 0.3) is 10.2 Å². The van der Waals surface area contributed by atoms with Gasteiger partial charge in [-0.3, -0.25) is 4.79 Å². The molecule has 0 bridgehead atoms. The van der Waals surface area contributed by atoms with Crippen molar-refractivity contribution >= 4 is 66.9 Å². The smallest absolute Gasteiger partial charge is 0.258 e.